The van der Waals surface area contributed by atoms with Crippen molar-refractivity contribution in [1.29, 1.82) is 0 Å². The van der Waals surface area contributed by atoms with Gasteiger partial charge >= 0.3 is 0 Å². The first kappa shape index (κ1) is 12.4. The first-order valence-corrected chi connectivity index (χ1v) is 6.47. The monoisotopic (exact) mass is 233 g/mol. The van der Waals surface area contributed by atoms with Crippen LogP contribution in [0.3, 0.4) is 0 Å². The Balaban J connectivity index is 2.00. The predicted molar refractivity (Wildman–Crippen MR) is 71.1 cm³/mol. The van der Waals surface area contributed by atoms with Crippen LogP contribution in [0.15, 0.2) is 18.2 Å². The van der Waals surface area contributed by atoms with Gasteiger partial charge in [0.1, 0.15) is 5.75 Å². The van der Waals surface area contributed by atoms with Crippen LogP contribution in [-0.2, 0) is 6.54 Å². The van der Waals surface area contributed by atoms with Gasteiger partial charge in [0.15, 0.2) is 0 Å². The van der Waals surface area contributed by atoms with Gasteiger partial charge in [-0.25, -0.2) is 0 Å². The van der Waals surface area contributed by atoms with Gasteiger partial charge in [0, 0.05) is 12.1 Å². The molecule has 0 saturated carbocycles. The Hall–Kier alpha value is -1.02. The Morgan fingerprint density at radius 2 is 1.88 bits per heavy atom. The molecule has 0 aliphatic carbocycles. The fourth-order valence-electron chi connectivity index (χ4n) is 2.40. The van der Waals surface area contributed by atoms with E-state index in [9.17, 15) is 5.11 Å². The van der Waals surface area contributed by atoms with Gasteiger partial charge in [0.2, 0.25) is 0 Å². The summed E-state index contributed by atoms with van der Waals surface area (Å²) in [4.78, 5) is 2.44. The zero-order valence-corrected chi connectivity index (χ0v) is 11.2. The van der Waals surface area contributed by atoms with Crippen molar-refractivity contribution in [3.8, 4) is 5.75 Å². The molecule has 1 aromatic carbocycles. The Bertz CT molecular complexity index is 388. The van der Waals surface area contributed by atoms with Crippen molar-refractivity contribution in [1.82, 2.24) is 4.90 Å². The van der Waals surface area contributed by atoms with Crippen molar-refractivity contribution in [2.75, 3.05) is 13.1 Å². The number of benzene rings is 1. The summed E-state index contributed by atoms with van der Waals surface area (Å²) in [5, 5.41) is 9.84. The third-order valence-electron chi connectivity index (χ3n) is 3.84. The molecule has 1 fully saturated rings. The van der Waals surface area contributed by atoms with Crippen LogP contribution in [0.25, 0.3) is 0 Å². The molecule has 0 spiro atoms. The van der Waals surface area contributed by atoms with Gasteiger partial charge in [0.05, 0.1) is 0 Å². The molecule has 1 N–H and O–H groups in total. The zero-order valence-electron chi connectivity index (χ0n) is 11.2. The molecule has 1 heterocycles. The fraction of sp³-hybridized carbons (Fsp3) is 0.600. The molecule has 0 radical (unpaired) electrons. The molecule has 0 unspecified atom stereocenters. The number of aromatic hydroxyl groups is 1. The number of rotatable bonds is 2. The van der Waals surface area contributed by atoms with E-state index in [1.165, 1.54) is 18.4 Å². The van der Waals surface area contributed by atoms with Crippen LogP contribution < -0.4 is 0 Å². The molecule has 0 bridgehead atoms. The van der Waals surface area contributed by atoms with Crippen LogP contribution in [-0.4, -0.2) is 23.1 Å². The molecular weight excluding hydrogens is 210 g/mol. The summed E-state index contributed by atoms with van der Waals surface area (Å²) in [7, 11) is 0. The van der Waals surface area contributed by atoms with Crippen LogP contribution in [0.5, 0.6) is 5.75 Å². The SMILES string of the molecule is Cc1ccc(O)c(CN2CCC(C)(C)CC2)c1. The number of phenols is 1. The first-order valence-electron chi connectivity index (χ1n) is 6.47. The molecule has 1 aromatic rings. The van der Waals surface area contributed by atoms with E-state index in [-0.39, 0.29) is 0 Å². The van der Waals surface area contributed by atoms with E-state index < -0.39 is 0 Å². The number of phenolic OH excluding ortho intramolecular Hbond substituents is 1. The smallest absolute Gasteiger partial charge is 0.120 e. The Kier molecular flexibility index (Phi) is 3.43. The molecule has 1 saturated heterocycles. The molecule has 2 rings (SSSR count). The van der Waals surface area contributed by atoms with E-state index >= 15 is 0 Å². The minimum Gasteiger partial charge on any atom is -0.508 e. The minimum absolute atomic E-state index is 0.431. The van der Waals surface area contributed by atoms with Gasteiger partial charge in [-0.3, -0.25) is 4.90 Å². The quantitative estimate of drug-likeness (QED) is 0.847. The highest BCUT2D eigenvalue weighted by Gasteiger charge is 2.25. The molecular formula is C15H23NO. The van der Waals surface area contributed by atoms with Gasteiger partial charge in [-0.05, 0) is 44.3 Å². The molecule has 0 amide bonds. The average Bonchev–Trinajstić information content (AvgIpc) is 2.26. The van der Waals surface area contributed by atoms with Gasteiger partial charge in [-0.2, -0.15) is 0 Å². The van der Waals surface area contributed by atoms with E-state index in [1.54, 1.807) is 6.07 Å². The summed E-state index contributed by atoms with van der Waals surface area (Å²) >= 11 is 0. The van der Waals surface area contributed by atoms with Gasteiger partial charge < -0.3 is 5.11 Å². The normalized spacial score (nSPS) is 20.4. The Morgan fingerprint density at radius 3 is 2.53 bits per heavy atom. The van der Waals surface area contributed by atoms with Crippen molar-refractivity contribution in [3.05, 3.63) is 29.3 Å². The fourth-order valence-corrected chi connectivity index (χ4v) is 2.40. The zero-order chi connectivity index (χ0) is 12.5. The third kappa shape index (κ3) is 3.22. The molecule has 0 atom stereocenters. The lowest BCUT2D eigenvalue weighted by Crippen LogP contribution is -2.36. The number of hydrogen-bond acceptors (Lipinski definition) is 2. The maximum absolute atomic E-state index is 9.84. The predicted octanol–water partition coefficient (Wildman–Crippen LogP) is 3.32. The average molecular weight is 233 g/mol. The summed E-state index contributed by atoms with van der Waals surface area (Å²) in [6.07, 6.45) is 2.50. The highest BCUT2D eigenvalue weighted by atomic mass is 16.3. The Morgan fingerprint density at radius 1 is 1.24 bits per heavy atom. The molecule has 2 nitrogen and oxygen atoms in total. The van der Waals surface area contributed by atoms with Gasteiger partial charge in [0.25, 0.3) is 0 Å². The van der Waals surface area contributed by atoms with Crippen LogP contribution in [0.4, 0.5) is 0 Å². The lowest BCUT2D eigenvalue weighted by molar-refractivity contribution is 0.126. The topological polar surface area (TPSA) is 23.5 Å². The summed E-state index contributed by atoms with van der Waals surface area (Å²) in [6, 6.07) is 5.85. The van der Waals surface area contributed by atoms with Crippen molar-refractivity contribution in [2.45, 2.75) is 40.2 Å². The van der Waals surface area contributed by atoms with E-state index in [4.69, 9.17) is 0 Å². The molecule has 1 aliphatic rings. The highest BCUT2D eigenvalue weighted by Crippen LogP contribution is 2.31. The van der Waals surface area contributed by atoms with Crippen molar-refractivity contribution >= 4 is 0 Å². The number of aryl methyl sites for hydroxylation is 1. The molecule has 2 heteroatoms. The summed E-state index contributed by atoms with van der Waals surface area (Å²) < 4.78 is 0. The molecule has 1 aliphatic heterocycles. The van der Waals surface area contributed by atoms with Crippen molar-refractivity contribution < 1.29 is 5.11 Å². The van der Waals surface area contributed by atoms with Crippen molar-refractivity contribution in [2.24, 2.45) is 5.41 Å². The number of piperidine rings is 1. The van der Waals surface area contributed by atoms with Crippen LogP contribution in [0, 0.1) is 12.3 Å². The largest absolute Gasteiger partial charge is 0.508 e. The lowest BCUT2D eigenvalue weighted by atomic mass is 9.82. The maximum atomic E-state index is 9.84. The maximum Gasteiger partial charge on any atom is 0.120 e. The van der Waals surface area contributed by atoms with Crippen LogP contribution in [0.1, 0.15) is 37.8 Å². The van der Waals surface area contributed by atoms with E-state index in [0.717, 1.165) is 25.2 Å². The summed E-state index contributed by atoms with van der Waals surface area (Å²) in [5.74, 6) is 0.431. The summed E-state index contributed by atoms with van der Waals surface area (Å²) in [5.41, 5.74) is 2.77. The Labute approximate surface area is 104 Å². The second-order valence-electron chi connectivity index (χ2n) is 6.07. The standard InChI is InChI=1S/C15H23NO/c1-12-4-5-14(17)13(10-12)11-16-8-6-15(2,3)7-9-16/h4-5,10,17H,6-9,11H2,1-3H3. The van der Waals surface area contributed by atoms with E-state index in [1.807, 2.05) is 6.07 Å². The number of hydrogen-bond donors (Lipinski definition) is 1. The number of likely N-dealkylation sites (tertiary alicyclic amines) is 1. The van der Waals surface area contributed by atoms with Crippen LogP contribution in [0.2, 0.25) is 0 Å². The van der Waals surface area contributed by atoms with E-state index in [0.29, 0.717) is 11.2 Å². The second-order valence-corrected chi connectivity index (χ2v) is 6.07. The molecule has 94 valence electrons. The van der Waals surface area contributed by atoms with Crippen LogP contribution >= 0.6 is 0 Å². The first-order chi connectivity index (χ1) is 7.96. The summed E-state index contributed by atoms with van der Waals surface area (Å²) in [6.45, 7) is 9.91. The lowest BCUT2D eigenvalue weighted by Gasteiger charge is -2.37. The van der Waals surface area contributed by atoms with Gasteiger partial charge in [-0.1, -0.05) is 31.5 Å². The third-order valence-corrected chi connectivity index (χ3v) is 3.84. The van der Waals surface area contributed by atoms with Gasteiger partial charge in [-0.15, -0.1) is 0 Å². The molecule has 0 aromatic heterocycles. The van der Waals surface area contributed by atoms with Crippen molar-refractivity contribution in [3.63, 3.8) is 0 Å². The molecule has 17 heavy (non-hydrogen) atoms. The number of nitrogens with zero attached hydrogens (tertiary/aromatic N) is 1. The van der Waals surface area contributed by atoms with E-state index in [2.05, 4.69) is 31.7 Å². The second kappa shape index (κ2) is 4.69. The highest BCUT2D eigenvalue weighted by molar-refractivity contribution is 5.35. The minimum atomic E-state index is 0.431.